The van der Waals surface area contributed by atoms with Crippen molar-refractivity contribution in [1.29, 1.82) is 0 Å². The van der Waals surface area contributed by atoms with Crippen molar-refractivity contribution in [1.82, 2.24) is 0 Å². The summed E-state index contributed by atoms with van der Waals surface area (Å²) in [7, 11) is 0. The monoisotopic (exact) mass is 780 g/mol. The number of ether oxygens (including phenoxy) is 2. The highest BCUT2D eigenvalue weighted by Gasteiger charge is 2.43. The van der Waals surface area contributed by atoms with E-state index in [1.165, 1.54) is 0 Å². The number of fused-ring (bicyclic) bond motifs is 8. The minimum absolute atomic E-state index is 0.166. The molecule has 10 aromatic carbocycles. The maximum absolute atomic E-state index is 7.10. The highest BCUT2D eigenvalue weighted by molar-refractivity contribution is 7.01. The van der Waals surface area contributed by atoms with Gasteiger partial charge in [-0.2, -0.15) is 0 Å². The molecule has 0 saturated carbocycles. The van der Waals surface area contributed by atoms with E-state index in [0.717, 1.165) is 106 Å². The number of benzene rings is 10. The molecule has 0 aromatic heterocycles. The number of hydrogen-bond acceptors (Lipinski definition) is 4. The van der Waals surface area contributed by atoms with Crippen LogP contribution in [0.1, 0.15) is 0 Å². The zero-order valence-corrected chi connectivity index (χ0v) is 33.2. The molecule has 0 atom stereocenters. The van der Waals surface area contributed by atoms with Gasteiger partial charge in [0.1, 0.15) is 23.0 Å². The molecule has 2 aliphatic rings. The van der Waals surface area contributed by atoms with Gasteiger partial charge < -0.3 is 19.3 Å². The summed E-state index contributed by atoms with van der Waals surface area (Å²) in [5.41, 5.74) is 12.0. The second kappa shape index (κ2) is 14.4. The lowest BCUT2D eigenvalue weighted by Crippen LogP contribution is -2.58. The number of para-hydroxylation sites is 4. The molecular formula is C56H37BN2O2. The number of rotatable bonds is 7. The van der Waals surface area contributed by atoms with E-state index in [0.29, 0.717) is 0 Å². The maximum atomic E-state index is 7.10. The molecule has 0 saturated heterocycles. The molecular weight excluding hydrogens is 743 g/mol. The molecule has 4 nitrogen and oxygen atoms in total. The normalized spacial score (nSPS) is 12.2. The molecule has 2 heterocycles. The highest BCUT2D eigenvalue weighted by Crippen LogP contribution is 2.48. The predicted octanol–water partition coefficient (Wildman–Crippen LogP) is 13.3. The predicted molar refractivity (Wildman–Crippen MR) is 254 cm³/mol. The van der Waals surface area contributed by atoms with Gasteiger partial charge in [0.05, 0.1) is 17.1 Å². The van der Waals surface area contributed by atoms with Crippen molar-refractivity contribution in [2.75, 3.05) is 9.80 Å². The van der Waals surface area contributed by atoms with E-state index in [4.69, 9.17) is 9.47 Å². The molecule has 0 unspecified atom stereocenters. The molecule has 0 bridgehead atoms. The Bertz CT molecular complexity index is 3230. The molecule has 61 heavy (non-hydrogen) atoms. The molecule has 0 amide bonds. The van der Waals surface area contributed by atoms with Crippen LogP contribution in [0.25, 0.3) is 32.7 Å². The van der Waals surface area contributed by atoms with Crippen molar-refractivity contribution < 1.29 is 9.47 Å². The summed E-state index contributed by atoms with van der Waals surface area (Å²) in [5.74, 6) is 3.28. The fourth-order valence-corrected chi connectivity index (χ4v) is 9.60. The Hall–Kier alpha value is -8.02. The first kappa shape index (κ1) is 35.0. The van der Waals surface area contributed by atoms with Crippen LogP contribution in [0.2, 0.25) is 0 Å². The van der Waals surface area contributed by atoms with E-state index >= 15 is 0 Å². The van der Waals surface area contributed by atoms with Crippen molar-refractivity contribution in [3.8, 4) is 34.1 Å². The summed E-state index contributed by atoms with van der Waals surface area (Å²) in [6.07, 6.45) is 0. The Labute approximate surface area is 355 Å². The van der Waals surface area contributed by atoms with Crippen LogP contribution >= 0.6 is 0 Å². The van der Waals surface area contributed by atoms with Crippen molar-refractivity contribution in [2.24, 2.45) is 0 Å². The Balaban J connectivity index is 1.13. The summed E-state index contributed by atoms with van der Waals surface area (Å²) in [4.78, 5) is 4.73. The van der Waals surface area contributed by atoms with E-state index in [1.54, 1.807) is 0 Å². The summed E-state index contributed by atoms with van der Waals surface area (Å²) in [5, 5.41) is 4.54. The molecule has 12 rings (SSSR count). The van der Waals surface area contributed by atoms with E-state index < -0.39 is 0 Å². The van der Waals surface area contributed by atoms with Crippen LogP contribution in [0, 0.1) is 0 Å². The van der Waals surface area contributed by atoms with Gasteiger partial charge in [0, 0.05) is 51.0 Å². The maximum Gasteiger partial charge on any atom is 0.262 e. The molecule has 286 valence electrons. The van der Waals surface area contributed by atoms with Crippen LogP contribution < -0.4 is 35.7 Å². The lowest BCUT2D eigenvalue weighted by Gasteiger charge is -2.37. The molecule has 0 fully saturated rings. The average Bonchev–Trinajstić information content (AvgIpc) is 3.33. The SMILES string of the molecule is c1ccc(-c2ccccc2N(c2ccccc2)c2cc3c(c4ccccc24)B2c4c(cccc4O3)Oc3cc(N(c4ccccc4)c4ccccc4)c4ccccc4c32)cc1. The third-order valence-electron chi connectivity index (χ3n) is 12.1. The van der Waals surface area contributed by atoms with Crippen LogP contribution in [-0.4, -0.2) is 6.71 Å². The van der Waals surface area contributed by atoms with E-state index in [2.05, 4.69) is 228 Å². The van der Waals surface area contributed by atoms with Crippen molar-refractivity contribution in [3.63, 3.8) is 0 Å². The zero-order chi connectivity index (χ0) is 40.3. The summed E-state index contributed by atoms with van der Waals surface area (Å²) < 4.78 is 14.1. The average molecular weight is 781 g/mol. The van der Waals surface area contributed by atoms with Gasteiger partial charge in [0.25, 0.3) is 6.71 Å². The molecule has 2 aliphatic heterocycles. The summed E-state index contributed by atoms with van der Waals surface area (Å²) in [6.45, 7) is -0.166. The van der Waals surface area contributed by atoms with Gasteiger partial charge in [-0.15, -0.1) is 0 Å². The van der Waals surface area contributed by atoms with Crippen LogP contribution in [0.5, 0.6) is 23.0 Å². The molecule has 10 aromatic rings. The van der Waals surface area contributed by atoms with E-state index in [1.807, 2.05) is 6.07 Å². The lowest BCUT2D eigenvalue weighted by atomic mass is 9.33. The van der Waals surface area contributed by atoms with Gasteiger partial charge in [-0.1, -0.05) is 158 Å². The third kappa shape index (κ3) is 5.70. The highest BCUT2D eigenvalue weighted by atomic mass is 16.5. The summed E-state index contributed by atoms with van der Waals surface area (Å²) in [6, 6.07) is 79.5. The third-order valence-corrected chi connectivity index (χ3v) is 12.1. The summed E-state index contributed by atoms with van der Waals surface area (Å²) >= 11 is 0. The van der Waals surface area contributed by atoms with Crippen LogP contribution in [0.15, 0.2) is 224 Å². The van der Waals surface area contributed by atoms with Gasteiger partial charge >= 0.3 is 0 Å². The van der Waals surface area contributed by atoms with Crippen molar-refractivity contribution >= 4 is 78.8 Å². The standard InChI is InChI=1S/C56H37BN2O2/c1-5-20-38(21-6-1)42-28-17-18-33-47(42)59(41-26-11-4-12-27-41)49-37-53-55(46-32-16-14-30-44(46)49)57-54-45-31-15-13-29-43(45)48(36-52(54)60-50-34-19-35-51(61-53)56(50)57)58(39-22-7-2-8-23-39)40-24-9-3-10-25-40/h1-37H. The first-order valence-corrected chi connectivity index (χ1v) is 20.8. The first-order chi connectivity index (χ1) is 30.3. The molecule has 0 spiro atoms. The molecule has 0 aliphatic carbocycles. The first-order valence-electron chi connectivity index (χ1n) is 20.8. The smallest absolute Gasteiger partial charge is 0.262 e. The molecule has 0 N–H and O–H groups in total. The van der Waals surface area contributed by atoms with Gasteiger partial charge in [-0.25, -0.2) is 0 Å². The van der Waals surface area contributed by atoms with Crippen LogP contribution in [0.4, 0.5) is 34.1 Å². The quantitative estimate of drug-likeness (QED) is 0.150. The van der Waals surface area contributed by atoms with Crippen LogP contribution in [0.3, 0.4) is 0 Å². The Morgan fingerprint density at radius 2 is 0.705 bits per heavy atom. The minimum Gasteiger partial charge on any atom is -0.458 e. The lowest BCUT2D eigenvalue weighted by molar-refractivity contribution is 0.465. The van der Waals surface area contributed by atoms with Gasteiger partial charge in [-0.05, 0) is 81.9 Å². The Morgan fingerprint density at radius 3 is 1.23 bits per heavy atom. The topological polar surface area (TPSA) is 24.9 Å². The second-order valence-corrected chi connectivity index (χ2v) is 15.6. The molecule has 5 heteroatoms. The Morgan fingerprint density at radius 1 is 0.295 bits per heavy atom. The molecule has 0 radical (unpaired) electrons. The van der Waals surface area contributed by atoms with Gasteiger partial charge in [0.15, 0.2) is 0 Å². The fourth-order valence-electron chi connectivity index (χ4n) is 9.60. The van der Waals surface area contributed by atoms with Crippen LogP contribution in [-0.2, 0) is 0 Å². The van der Waals surface area contributed by atoms with Gasteiger partial charge in [-0.3, -0.25) is 0 Å². The largest absolute Gasteiger partial charge is 0.458 e. The Kier molecular flexibility index (Phi) is 8.24. The number of nitrogens with zero attached hydrogens (tertiary/aromatic N) is 2. The van der Waals surface area contributed by atoms with E-state index in [-0.39, 0.29) is 6.71 Å². The minimum atomic E-state index is -0.166. The van der Waals surface area contributed by atoms with E-state index in [9.17, 15) is 0 Å². The number of anilines is 6. The zero-order valence-electron chi connectivity index (χ0n) is 33.2. The van der Waals surface area contributed by atoms with Crippen molar-refractivity contribution in [2.45, 2.75) is 0 Å². The van der Waals surface area contributed by atoms with Crippen molar-refractivity contribution in [3.05, 3.63) is 224 Å². The second-order valence-electron chi connectivity index (χ2n) is 15.6. The van der Waals surface area contributed by atoms with Gasteiger partial charge in [0.2, 0.25) is 0 Å². The fraction of sp³-hybridized carbons (Fsp3) is 0. The number of hydrogen-bond donors (Lipinski definition) is 0.